The lowest BCUT2D eigenvalue weighted by Crippen LogP contribution is -2.32. The number of fused-ring (bicyclic) bond motifs is 1. The number of hydrogen-bond acceptors (Lipinski definition) is 4. The van der Waals surface area contributed by atoms with Crippen molar-refractivity contribution in [1.29, 1.82) is 0 Å². The van der Waals surface area contributed by atoms with Crippen LogP contribution < -0.4 is 4.90 Å². The van der Waals surface area contributed by atoms with Crippen molar-refractivity contribution >= 4 is 23.0 Å². The highest BCUT2D eigenvalue weighted by Gasteiger charge is 2.51. The van der Waals surface area contributed by atoms with Gasteiger partial charge in [0, 0.05) is 17.3 Å². The van der Waals surface area contributed by atoms with Gasteiger partial charge in [-0.25, -0.2) is 4.98 Å². The van der Waals surface area contributed by atoms with Crippen LogP contribution in [-0.2, 0) is 6.18 Å². The molecular weight excluding hydrogens is 435 g/mol. The molecule has 0 radical (unpaired) electrons. The minimum atomic E-state index is -4.46. The number of aryl methyl sites for hydroxylation is 2. The molecule has 32 heavy (non-hydrogen) atoms. The van der Waals surface area contributed by atoms with E-state index in [-0.39, 0.29) is 23.7 Å². The minimum absolute atomic E-state index is 0.120. The largest absolute Gasteiger partial charge is 0.416 e. The molecule has 1 saturated heterocycles. The van der Waals surface area contributed by atoms with Gasteiger partial charge in [-0.3, -0.25) is 4.57 Å². The molecule has 9 heteroatoms. The topological polar surface area (TPSA) is 46.8 Å². The second-order valence-electron chi connectivity index (χ2n) is 8.61. The quantitative estimate of drug-likeness (QED) is 0.479. The van der Waals surface area contributed by atoms with Crippen molar-refractivity contribution in [3.8, 4) is 5.69 Å². The lowest BCUT2D eigenvalue weighted by Gasteiger charge is -2.29. The van der Waals surface area contributed by atoms with E-state index in [1.165, 1.54) is 0 Å². The summed E-state index contributed by atoms with van der Waals surface area (Å²) in [5.41, 5.74) is 1.58. The third-order valence-electron chi connectivity index (χ3n) is 6.44. The third-order valence-corrected chi connectivity index (χ3v) is 6.94. The normalized spacial score (nSPS) is 23.1. The van der Waals surface area contributed by atoms with E-state index >= 15 is 0 Å². The summed E-state index contributed by atoms with van der Waals surface area (Å²) in [6.45, 7) is 3.58. The van der Waals surface area contributed by atoms with E-state index in [9.17, 15) is 13.2 Å². The number of benzene rings is 1. The predicted molar refractivity (Wildman–Crippen MR) is 119 cm³/mol. The molecule has 1 aliphatic carbocycles. The zero-order valence-corrected chi connectivity index (χ0v) is 18.5. The van der Waals surface area contributed by atoms with Gasteiger partial charge in [0.2, 0.25) is 0 Å². The first-order valence-electron chi connectivity index (χ1n) is 10.6. The van der Waals surface area contributed by atoms with Crippen molar-refractivity contribution in [3.05, 3.63) is 65.4 Å². The van der Waals surface area contributed by atoms with Gasteiger partial charge < -0.3 is 4.90 Å². The minimum Gasteiger partial charge on any atom is -0.309 e. The van der Waals surface area contributed by atoms with Gasteiger partial charge in [-0.05, 0) is 62.4 Å². The lowest BCUT2D eigenvalue weighted by atomic mass is 9.93. The zero-order valence-electron chi connectivity index (χ0n) is 17.7. The Kier molecular flexibility index (Phi) is 5.03. The van der Waals surface area contributed by atoms with Crippen LogP contribution in [0.2, 0.25) is 0 Å². The summed E-state index contributed by atoms with van der Waals surface area (Å²) in [6.07, 6.45) is 0.0836. The molecule has 0 unspecified atom stereocenters. The van der Waals surface area contributed by atoms with Crippen LogP contribution in [-0.4, -0.2) is 24.7 Å². The first kappa shape index (κ1) is 21.1. The average Bonchev–Trinajstić information content (AvgIpc) is 3.44. The Morgan fingerprint density at radius 3 is 2.66 bits per heavy atom. The number of halogens is 3. The molecule has 2 aliphatic rings. The first-order valence-corrected chi connectivity index (χ1v) is 11.0. The summed E-state index contributed by atoms with van der Waals surface area (Å²) in [5.74, 6) is 1.17. The fourth-order valence-corrected chi connectivity index (χ4v) is 5.60. The van der Waals surface area contributed by atoms with Gasteiger partial charge in [-0.1, -0.05) is 30.8 Å². The summed E-state index contributed by atoms with van der Waals surface area (Å²) in [4.78, 5) is 6.90. The SMILES string of the molecule is Cc1cccc(-n2cnnc2[C@@H]2[C@H]3CCC[C@H]3C(=S)N2c2cc(C(F)(F)F)cc(C)n2)c1. The fraction of sp³-hybridized carbons (Fsp3) is 0.391. The van der Waals surface area contributed by atoms with E-state index in [0.717, 1.165) is 42.6 Å². The molecule has 1 saturated carbocycles. The number of nitrogens with zero attached hydrogens (tertiary/aromatic N) is 5. The molecule has 2 fully saturated rings. The van der Waals surface area contributed by atoms with Gasteiger partial charge in [0.1, 0.15) is 12.1 Å². The van der Waals surface area contributed by atoms with Gasteiger partial charge in [0.25, 0.3) is 0 Å². The lowest BCUT2D eigenvalue weighted by molar-refractivity contribution is -0.137. The maximum atomic E-state index is 13.6. The molecule has 1 aliphatic heterocycles. The highest BCUT2D eigenvalue weighted by Crippen LogP contribution is 2.52. The van der Waals surface area contributed by atoms with Crippen molar-refractivity contribution in [1.82, 2.24) is 19.7 Å². The molecule has 166 valence electrons. The predicted octanol–water partition coefficient (Wildman–Crippen LogP) is 5.60. The molecule has 0 N–H and O–H groups in total. The van der Waals surface area contributed by atoms with Crippen molar-refractivity contribution in [2.24, 2.45) is 11.8 Å². The number of anilines is 1. The Balaban J connectivity index is 1.66. The van der Waals surface area contributed by atoms with Crippen LogP contribution in [0.15, 0.2) is 42.7 Å². The summed E-state index contributed by atoms with van der Waals surface area (Å²) in [7, 11) is 0. The third kappa shape index (κ3) is 3.48. The molecule has 5 rings (SSSR count). The van der Waals surface area contributed by atoms with Crippen LogP contribution in [0.25, 0.3) is 5.69 Å². The monoisotopic (exact) mass is 457 g/mol. The van der Waals surface area contributed by atoms with Gasteiger partial charge in [0.05, 0.1) is 16.6 Å². The Labute approximate surface area is 189 Å². The van der Waals surface area contributed by atoms with Crippen molar-refractivity contribution < 1.29 is 13.2 Å². The van der Waals surface area contributed by atoms with E-state index in [4.69, 9.17) is 12.2 Å². The van der Waals surface area contributed by atoms with Crippen molar-refractivity contribution in [3.63, 3.8) is 0 Å². The maximum absolute atomic E-state index is 13.6. The molecular formula is C23H22F3N5S. The molecule has 0 amide bonds. The van der Waals surface area contributed by atoms with E-state index < -0.39 is 11.7 Å². The number of thiocarbonyl (C=S) groups is 1. The van der Waals surface area contributed by atoms with Crippen LogP contribution in [0.5, 0.6) is 0 Å². The number of rotatable bonds is 3. The van der Waals surface area contributed by atoms with Crippen molar-refractivity contribution in [2.75, 3.05) is 4.90 Å². The second-order valence-corrected chi connectivity index (χ2v) is 9.02. The number of pyridine rings is 1. The summed E-state index contributed by atoms with van der Waals surface area (Å²) in [5, 5.41) is 8.59. The number of alkyl halides is 3. The van der Waals surface area contributed by atoms with Crippen LogP contribution in [0, 0.1) is 25.7 Å². The second kappa shape index (κ2) is 7.65. The summed E-state index contributed by atoms with van der Waals surface area (Å²) >= 11 is 5.82. The van der Waals surface area contributed by atoms with Gasteiger partial charge >= 0.3 is 6.18 Å². The van der Waals surface area contributed by atoms with E-state index in [2.05, 4.69) is 15.2 Å². The van der Waals surface area contributed by atoms with E-state index in [0.29, 0.717) is 16.5 Å². The smallest absolute Gasteiger partial charge is 0.309 e. The molecule has 3 aromatic rings. The Morgan fingerprint density at radius 1 is 1.09 bits per heavy atom. The Morgan fingerprint density at radius 2 is 1.91 bits per heavy atom. The van der Waals surface area contributed by atoms with Crippen LogP contribution >= 0.6 is 12.2 Å². The molecule has 2 aromatic heterocycles. The zero-order chi connectivity index (χ0) is 22.6. The van der Waals surface area contributed by atoms with Crippen LogP contribution in [0.4, 0.5) is 19.0 Å². The molecule has 3 heterocycles. The molecule has 5 nitrogen and oxygen atoms in total. The molecule has 3 atom stereocenters. The van der Waals surface area contributed by atoms with Gasteiger partial charge in [-0.2, -0.15) is 13.2 Å². The molecule has 1 aromatic carbocycles. The number of hydrogen-bond donors (Lipinski definition) is 0. The first-order chi connectivity index (χ1) is 15.2. The maximum Gasteiger partial charge on any atom is 0.416 e. The highest BCUT2D eigenvalue weighted by atomic mass is 32.1. The molecule has 0 spiro atoms. The molecule has 0 bridgehead atoms. The Hall–Kier alpha value is -2.81. The van der Waals surface area contributed by atoms with E-state index in [1.54, 1.807) is 18.2 Å². The summed E-state index contributed by atoms with van der Waals surface area (Å²) < 4.78 is 42.6. The fourth-order valence-electron chi connectivity index (χ4n) is 5.10. The number of aromatic nitrogens is 4. The Bertz CT molecular complexity index is 1190. The summed E-state index contributed by atoms with van der Waals surface area (Å²) in [6, 6.07) is 9.80. The van der Waals surface area contributed by atoms with Crippen LogP contribution in [0.3, 0.4) is 0 Å². The average molecular weight is 458 g/mol. The van der Waals surface area contributed by atoms with Gasteiger partial charge in [-0.15, -0.1) is 10.2 Å². The van der Waals surface area contributed by atoms with Crippen molar-refractivity contribution in [2.45, 2.75) is 45.3 Å². The van der Waals surface area contributed by atoms with Gasteiger partial charge in [0.15, 0.2) is 5.82 Å². The standard InChI is InChI=1S/C23H22F3N5S/c1-13-5-3-6-16(9-13)30-12-27-29-21(30)20-17-7-4-8-18(17)22(32)31(20)19-11-15(23(24,25)26)10-14(2)28-19/h3,5-6,9-12,17-18,20H,4,7-8H2,1-2H3/t17-,18+,20-/m0/s1. The highest BCUT2D eigenvalue weighted by molar-refractivity contribution is 7.80. The van der Waals surface area contributed by atoms with Crippen LogP contribution in [0.1, 0.15) is 47.9 Å². The van der Waals surface area contributed by atoms with E-state index in [1.807, 2.05) is 35.8 Å².